The van der Waals surface area contributed by atoms with Crippen molar-refractivity contribution in [3.05, 3.63) is 17.0 Å². The van der Waals surface area contributed by atoms with Crippen LogP contribution in [-0.2, 0) is 11.2 Å². The molecule has 23 heavy (non-hydrogen) atoms. The van der Waals surface area contributed by atoms with Gasteiger partial charge in [0.05, 0.1) is 12.1 Å². The lowest BCUT2D eigenvalue weighted by molar-refractivity contribution is -0.134. The van der Waals surface area contributed by atoms with E-state index in [1.165, 1.54) is 0 Å². The average Bonchev–Trinajstić information content (AvgIpc) is 2.75. The van der Waals surface area contributed by atoms with Crippen LogP contribution in [0.25, 0.3) is 0 Å². The Morgan fingerprint density at radius 3 is 2.61 bits per heavy atom. The molecule has 132 valence electrons. The fourth-order valence-electron chi connectivity index (χ4n) is 3.20. The Bertz CT molecular complexity index is 550. The van der Waals surface area contributed by atoms with Crippen LogP contribution in [-0.4, -0.2) is 39.7 Å². The van der Waals surface area contributed by atoms with Crippen molar-refractivity contribution in [3.63, 3.8) is 0 Å². The third-order valence-corrected chi connectivity index (χ3v) is 4.56. The minimum atomic E-state index is -2.69. The molecule has 0 spiro atoms. The number of amides is 1. The van der Waals surface area contributed by atoms with Gasteiger partial charge in [0, 0.05) is 30.4 Å². The van der Waals surface area contributed by atoms with E-state index in [0.29, 0.717) is 40.6 Å². The van der Waals surface area contributed by atoms with Gasteiger partial charge in [-0.15, -0.1) is 12.4 Å². The Hall–Kier alpha value is -1.21. The first-order valence-corrected chi connectivity index (χ1v) is 7.67. The molecule has 0 saturated carbocycles. The Labute approximate surface area is 141 Å². The van der Waals surface area contributed by atoms with E-state index in [4.69, 9.17) is 5.73 Å². The number of aryl methyl sites for hydroxylation is 1. The molecule has 0 aliphatic carbocycles. The lowest BCUT2D eigenvalue weighted by Crippen LogP contribution is -2.49. The molecule has 1 aliphatic rings. The zero-order chi connectivity index (χ0) is 16.4. The standard InChI is InChI=1S/C15H24F2N4O.ClH/c1-9-4-5-20(12(6-9)8-18)14(22)7-13-10(2)19-21(11(13)3)15(16)17;/h9,12,15H,4-8,18H2,1-3H3;1H. The van der Waals surface area contributed by atoms with Gasteiger partial charge in [0.15, 0.2) is 0 Å². The van der Waals surface area contributed by atoms with Crippen LogP contribution in [0.3, 0.4) is 0 Å². The Morgan fingerprint density at radius 2 is 2.09 bits per heavy atom. The van der Waals surface area contributed by atoms with Crippen molar-refractivity contribution in [2.45, 2.75) is 52.6 Å². The highest BCUT2D eigenvalue weighted by Crippen LogP contribution is 2.24. The third kappa shape index (κ3) is 4.20. The van der Waals surface area contributed by atoms with Gasteiger partial charge in [-0.3, -0.25) is 4.79 Å². The highest BCUT2D eigenvalue weighted by Gasteiger charge is 2.30. The highest BCUT2D eigenvalue weighted by molar-refractivity contribution is 5.85. The van der Waals surface area contributed by atoms with Crippen molar-refractivity contribution < 1.29 is 13.6 Å². The van der Waals surface area contributed by atoms with Crippen LogP contribution in [0.4, 0.5) is 8.78 Å². The predicted octanol–water partition coefficient (Wildman–Crippen LogP) is 2.45. The van der Waals surface area contributed by atoms with Crippen molar-refractivity contribution in [1.29, 1.82) is 0 Å². The van der Waals surface area contributed by atoms with E-state index in [1.54, 1.807) is 18.7 Å². The minimum Gasteiger partial charge on any atom is -0.338 e. The van der Waals surface area contributed by atoms with E-state index < -0.39 is 6.55 Å². The molecular weight excluding hydrogens is 326 g/mol. The lowest BCUT2D eigenvalue weighted by atomic mass is 9.92. The Balaban J connectivity index is 0.00000264. The zero-order valence-electron chi connectivity index (χ0n) is 13.8. The summed E-state index contributed by atoms with van der Waals surface area (Å²) in [6.07, 6.45) is 1.96. The van der Waals surface area contributed by atoms with Crippen LogP contribution in [0.1, 0.15) is 43.3 Å². The molecule has 1 aliphatic heterocycles. The highest BCUT2D eigenvalue weighted by atomic mass is 35.5. The maximum Gasteiger partial charge on any atom is 0.333 e. The molecule has 8 heteroatoms. The van der Waals surface area contributed by atoms with Gasteiger partial charge >= 0.3 is 6.55 Å². The van der Waals surface area contributed by atoms with Crippen LogP contribution in [0.2, 0.25) is 0 Å². The molecule has 1 amide bonds. The van der Waals surface area contributed by atoms with Gasteiger partial charge in [-0.05, 0) is 32.6 Å². The topological polar surface area (TPSA) is 64.2 Å². The predicted molar refractivity (Wildman–Crippen MR) is 86.9 cm³/mol. The van der Waals surface area contributed by atoms with Crippen LogP contribution in [0.5, 0.6) is 0 Å². The number of nitrogens with zero attached hydrogens (tertiary/aromatic N) is 3. The van der Waals surface area contributed by atoms with Crippen molar-refractivity contribution in [1.82, 2.24) is 14.7 Å². The van der Waals surface area contributed by atoms with Gasteiger partial charge in [-0.2, -0.15) is 13.9 Å². The summed E-state index contributed by atoms with van der Waals surface area (Å²) in [5.74, 6) is 0.505. The number of aromatic nitrogens is 2. The molecule has 0 aromatic carbocycles. The third-order valence-electron chi connectivity index (χ3n) is 4.56. The molecule has 2 N–H and O–H groups in total. The van der Waals surface area contributed by atoms with Crippen LogP contribution < -0.4 is 5.73 Å². The van der Waals surface area contributed by atoms with Crippen LogP contribution in [0, 0.1) is 19.8 Å². The van der Waals surface area contributed by atoms with Gasteiger partial charge in [0.25, 0.3) is 0 Å². The Morgan fingerprint density at radius 1 is 1.43 bits per heavy atom. The number of alkyl halides is 2. The number of rotatable bonds is 4. The van der Waals surface area contributed by atoms with E-state index in [9.17, 15) is 13.6 Å². The average molecular weight is 351 g/mol. The van der Waals surface area contributed by atoms with Crippen molar-refractivity contribution >= 4 is 18.3 Å². The molecule has 1 saturated heterocycles. The molecule has 0 bridgehead atoms. The van der Waals surface area contributed by atoms with Crippen LogP contribution in [0.15, 0.2) is 0 Å². The van der Waals surface area contributed by atoms with Crippen molar-refractivity contribution in [3.8, 4) is 0 Å². The monoisotopic (exact) mass is 350 g/mol. The molecule has 2 rings (SSSR count). The molecule has 2 heterocycles. The summed E-state index contributed by atoms with van der Waals surface area (Å²) in [5.41, 5.74) is 7.22. The number of halogens is 3. The first-order chi connectivity index (χ1) is 10.3. The number of hydrogen-bond donors (Lipinski definition) is 1. The number of carbonyl (C=O) groups excluding carboxylic acids is 1. The van der Waals surface area contributed by atoms with Crippen LogP contribution >= 0.6 is 12.4 Å². The number of hydrogen-bond acceptors (Lipinski definition) is 3. The fraction of sp³-hybridized carbons (Fsp3) is 0.733. The number of nitrogens with two attached hydrogens (primary N) is 1. The normalized spacial score (nSPS) is 21.4. The summed E-state index contributed by atoms with van der Waals surface area (Å²) < 4.78 is 26.4. The van der Waals surface area contributed by atoms with E-state index in [0.717, 1.165) is 12.8 Å². The van der Waals surface area contributed by atoms with Gasteiger partial charge in [-0.25, -0.2) is 4.68 Å². The Kier molecular flexibility index (Phi) is 6.95. The summed E-state index contributed by atoms with van der Waals surface area (Å²) in [6.45, 7) is 3.83. The van der Waals surface area contributed by atoms with E-state index in [1.807, 2.05) is 0 Å². The van der Waals surface area contributed by atoms with Gasteiger partial charge in [0.1, 0.15) is 0 Å². The second-order valence-corrected chi connectivity index (χ2v) is 6.15. The number of carbonyl (C=O) groups is 1. The summed E-state index contributed by atoms with van der Waals surface area (Å²) in [5, 5.41) is 3.83. The minimum absolute atomic E-state index is 0. The molecule has 1 aromatic rings. The van der Waals surface area contributed by atoms with E-state index in [-0.39, 0.29) is 30.8 Å². The first-order valence-electron chi connectivity index (χ1n) is 7.67. The molecule has 5 nitrogen and oxygen atoms in total. The maximum atomic E-state index is 12.9. The first kappa shape index (κ1) is 19.8. The summed E-state index contributed by atoms with van der Waals surface area (Å²) >= 11 is 0. The zero-order valence-corrected chi connectivity index (χ0v) is 14.6. The smallest absolute Gasteiger partial charge is 0.333 e. The molecule has 2 atom stereocenters. The molecule has 2 unspecified atom stereocenters. The van der Waals surface area contributed by atoms with E-state index in [2.05, 4.69) is 12.0 Å². The molecule has 0 radical (unpaired) electrons. The molecular formula is C15H25ClF2N4O. The quantitative estimate of drug-likeness (QED) is 0.907. The number of piperidine rings is 1. The van der Waals surface area contributed by atoms with Gasteiger partial charge < -0.3 is 10.6 Å². The second-order valence-electron chi connectivity index (χ2n) is 6.15. The maximum absolute atomic E-state index is 12.9. The second kappa shape index (κ2) is 8.06. The van der Waals surface area contributed by atoms with Gasteiger partial charge in [-0.1, -0.05) is 6.92 Å². The lowest BCUT2D eigenvalue weighted by Gasteiger charge is -2.38. The summed E-state index contributed by atoms with van der Waals surface area (Å²) in [6, 6.07) is 0.0435. The SMILES string of the molecule is Cc1nn(C(F)F)c(C)c1CC(=O)N1CCC(C)CC1CN.Cl. The molecule has 1 fully saturated rings. The summed E-state index contributed by atoms with van der Waals surface area (Å²) in [7, 11) is 0. The number of likely N-dealkylation sites (tertiary alicyclic amines) is 1. The van der Waals surface area contributed by atoms with E-state index >= 15 is 0 Å². The van der Waals surface area contributed by atoms with Crippen molar-refractivity contribution in [2.24, 2.45) is 11.7 Å². The largest absolute Gasteiger partial charge is 0.338 e. The van der Waals surface area contributed by atoms with Gasteiger partial charge in [0.2, 0.25) is 5.91 Å². The molecule has 1 aromatic heterocycles. The summed E-state index contributed by atoms with van der Waals surface area (Å²) in [4.78, 5) is 14.4. The fourth-order valence-corrected chi connectivity index (χ4v) is 3.20. The van der Waals surface area contributed by atoms with Crippen molar-refractivity contribution in [2.75, 3.05) is 13.1 Å².